The van der Waals surface area contributed by atoms with E-state index in [2.05, 4.69) is 96.1 Å². The first kappa shape index (κ1) is 26.2. The van der Waals surface area contributed by atoms with Gasteiger partial charge in [-0.3, -0.25) is 10.8 Å². The van der Waals surface area contributed by atoms with E-state index in [0.29, 0.717) is 0 Å². The second kappa shape index (κ2) is 12.0. The molecule has 0 radical (unpaired) electrons. The molecule has 0 aromatic heterocycles. The molecule has 40 heavy (non-hydrogen) atoms. The van der Waals surface area contributed by atoms with E-state index in [1.165, 1.54) is 11.1 Å². The summed E-state index contributed by atoms with van der Waals surface area (Å²) in [5.74, 6) is 0.397. The fraction of sp³-hybridized carbons (Fsp3) is 0.250. The molecular weight excluding hydrogens is 500 g/mol. The molecule has 2 atom stereocenters. The normalized spacial score (nSPS) is 19.7. The molecule has 4 N–H and O–H groups in total. The van der Waals surface area contributed by atoms with Crippen molar-refractivity contribution in [3.63, 3.8) is 0 Å². The van der Waals surface area contributed by atoms with Gasteiger partial charge in [0.05, 0.1) is 0 Å². The molecule has 0 saturated carbocycles. The minimum Gasteiger partial charge on any atom is -0.376 e. The summed E-state index contributed by atoms with van der Waals surface area (Å²) in [7, 11) is 0. The van der Waals surface area contributed by atoms with Crippen molar-refractivity contribution in [2.24, 2.45) is 0 Å². The van der Waals surface area contributed by atoms with Gasteiger partial charge in [0, 0.05) is 13.1 Å². The second-order valence-corrected chi connectivity index (χ2v) is 10.4. The number of benzene rings is 4. The van der Waals surface area contributed by atoms with Crippen LogP contribution in [0.5, 0.6) is 0 Å². The highest BCUT2D eigenvalue weighted by Gasteiger charge is 2.34. The Balaban J connectivity index is 1.14. The molecule has 6 rings (SSSR count). The molecule has 2 heterocycles. The van der Waals surface area contributed by atoms with Crippen LogP contribution >= 0.6 is 0 Å². The fourth-order valence-electron chi connectivity index (χ4n) is 5.55. The Morgan fingerprint density at radius 2 is 1.00 bits per heavy atom. The highest BCUT2D eigenvalue weighted by molar-refractivity contribution is 5.89. The lowest BCUT2D eigenvalue weighted by molar-refractivity contribution is 0.0384. The van der Waals surface area contributed by atoms with Gasteiger partial charge >= 0.3 is 0 Å². The molecule has 0 aliphatic carbocycles. The zero-order valence-corrected chi connectivity index (χ0v) is 22.3. The molecule has 4 aromatic carbocycles. The number of hydrogen-bond acceptors (Lipinski definition) is 8. The maximum absolute atomic E-state index is 8.41. The van der Waals surface area contributed by atoms with Crippen LogP contribution in [-0.4, -0.2) is 34.9 Å². The van der Waals surface area contributed by atoms with E-state index in [0.717, 1.165) is 60.7 Å². The number of hydrazine groups is 2. The molecule has 2 aliphatic heterocycles. The van der Waals surface area contributed by atoms with Gasteiger partial charge in [0.1, 0.15) is 12.1 Å². The van der Waals surface area contributed by atoms with E-state index in [1.807, 2.05) is 22.2 Å². The van der Waals surface area contributed by atoms with Gasteiger partial charge in [-0.25, -0.2) is 0 Å². The van der Waals surface area contributed by atoms with Gasteiger partial charge in [-0.1, -0.05) is 96.1 Å². The van der Waals surface area contributed by atoms with Gasteiger partial charge in [-0.2, -0.15) is 10.0 Å². The molecule has 0 bridgehead atoms. The van der Waals surface area contributed by atoms with Gasteiger partial charge in [0.2, 0.25) is 11.8 Å². The molecule has 0 amide bonds. The molecule has 2 aliphatic rings. The summed E-state index contributed by atoms with van der Waals surface area (Å²) in [4.78, 5) is 10.9. The van der Waals surface area contributed by atoms with E-state index in [1.54, 1.807) is 0 Å². The van der Waals surface area contributed by atoms with Crippen LogP contribution in [0.1, 0.15) is 47.2 Å². The lowest BCUT2D eigenvalue weighted by atomic mass is 9.97. The highest BCUT2D eigenvalue weighted by atomic mass is 16.7. The maximum Gasteiger partial charge on any atom is 0.231 e. The summed E-state index contributed by atoms with van der Waals surface area (Å²) >= 11 is 0. The van der Waals surface area contributed by atoms with Gasteiger partial charge in [-0.15, -0.1) is 0 Å². The molecule has 2 unspecified atom stereocenters. The summed E-state index contributed by atoms with van der Waals surface area (Å²) in [6.45, 7) is 1.52. The van der Waals surface area contributed by atoms with E-state index in [4.69, 9.17) is 20.5 Å². The lowest BCUT2D eigenvalue weighted by Gasteiger charge is -2.22. The fourth-order valence-corrected chi connectivity index (χ4v) is 5.55. The average molecular weight is 535 g/mol. The van der Waals surface area contributed by atoms with Crippen molar-refractivity contribution in [2.45, 2.75) is 37.8 Å². The smallest absolute Gasteiger partial charge is 0.231 e. The second-order valence-electron chi connectivity index (χ2n) is 10.4. The van der Waals surface area contributed by atoms with Crippen molar-refractivity contribution >= 4 is 22.6 Å². The maximum atomic E-state index is 8.41. The predicted molar refractivity (Wildman–Crippen MR) is 156 cm³/mol. The Hall–Kier alpha value is -4.08. The number of rotatable bonds is 10. The molecular formula is C32H34N6O2. The Bertz CT molecular complexity index is 1370. The van der Waals surface area contributed by atoms with E-state index >= 15 is 0 Å². The zero-order chi connectivity index (χ0) is 27.3. The molecule has 4 aromatic rings. The topological polar surface area (TPSA) is 96.7 Å². The zero-order valence-electron chi connectivity index (χ0n) is 22.3. The summed E-state index contributed by atoms with van der Waals surface area (Å²) < 4.78 is 0. The van der Waals surface area contributed by atoms with Crippen molar-refractivity contribution < 1.29 is 9.68 Å². The minimum absolute atomic E-state index is 0.199. The van der Waals surface area contributed by atoms with Crippen LogP contribution in [0.2, 0.25) is 0 Å². The van der Waals surface area contributed by atoms with Crippen LogP contribution in [0.3, 0.4) is 0 Å². The quantitative estimate of drug-likeness (QED) is 0.210. The summed E-state index contributed by atoms with van der Waals surface area (Å²) in [6.07, 6.45) is 3.84. The van der Waals surface area contributed by atoms with Crippen molar-refractivity contribution in [2.75, 3.05) is 13.1 Å². The van der Waals surface area contributed by atoms with Crippen LogP contribution in [0.15, 0.2) is 97.1 Å². The van der Waals surface area contributed by atoms with Crippen molar-refractivity contribution in [3.8, 4) is 0 Å². The monoisotopic (exact) mass is 534 g/mol. The van der Waals surface area contributed by atoms with E-state index in [9.17, 15) is 0 Å². The number of aryl methyl sites for hydroxylation is 2. The number of hydrogen-bond donors (Lipinski definition) is 4. The van der Waals surface area contributed by atoms with Crippen LogP contribution in [-0.2, 0) is 22.5 Å². The van der Waals surface area contributed by atoms with Gasteiger partial charge in [-0.05, 0) is 70.8 Å². The SMILES string of the molecule is N=C1ONN(CCCc2ccccc2)C1c1ccc2cc(C3C(=N)ONN3CCCc3ccccc3)ccc2c1. The third kappa shape index (κ3) is 5.76. The first-order valence-corrected chi connectivity index (χ1v) is 13.8. The average Bonchev–Trinajstić information content (AvgIpc) is 3.55. The van der Waals surface area contributed by atoms with Gasteiger partial charge in [0.15, 0.2) is 0 Å². The van der Waals surface area contributed by atoms with E-state index in [-0.39, 0.29) is 23.9 Å². The van der Waals surface area contributed by atoms with Gasteiger partial charge in [0.25, 0.3) is 0 Å². The van der Waals surface area contributed by atoms with Crippen molar-refractivity contribution in [1.82, 2.24) is 21.2 Å². The summed E-state index contributed by atoms with van der Waals surface area (Å²) in [6, 6.07) is 32.9. The molecule has 2 fully saturated rings. The standard InChI is InChI=1S/C32H34N6O2/c33-31-29(37(35-39-31)19-7-13-23-9-3-1-4-10-23)27-17-15-26-22-28(18-16-25(26)21-27)30-32(34)40-36-38(30)20-8-14-24-11-5-2-6-12-24/h1-6,9-12,15-18,21-22,29-30,33-36H,7-8,13-14,19-20H2. The first-order chi connectivity index (χ1) is 19.7. The van der Waals surface area contributed by atoms with Crippen LogP contribution in [0, 0.1) is 10.8 Å². The minimum atomic E-state index is -0.277. The molecule has 204 valence electrons. The Kier molecular flexibility index (Phi) is 7.83. The van der Waals surface area contributed by atoms with Crippen molar-refractivity contribution in [1.29, 1.82) is 10.8 Å². The lowest BCUT2D eigenvalue weighted by Crippen LogP contribution is -2.34. The number of nitrogens with one attached hydrogen (secondary N) is 4. The Morgan fingerprint density at radius 3 is 1.43 bits per heavy atom. The third-order valence-electron chi connectivity index (χ3n) is 7.60. The molecule has 8 nitrogen and oxygen atoms in total. The summed E-state index contributed by atoms with van der Waals surface area (Å²) in [5.41, 5.74) is 10.5. The summed E-state index contributed by atoms with van der Waals surface area (Å²) in [5, 5.41) is 23.0. The first-order valence-electron chi connectivity index (χ1n) is 13.8. The number of fused-ring (bicyclic) bond motifs is 1. The Morgan fingerprint density at radius 1 is 0.575 bits per heavy atom. The largest absolute Gasteiger partial charge is 0.376 e. The van der Waals surface area contributed by atoms with Crippen molar-refractivity contribution in [3.05, 3.63) is 119 Å². The Labute approximate surface area is 234 Å². The van der Waals surface area contributed by atoms with Gasteiger partial charge < -0.3 is 9.68 Å². The molecule has 2 saturated heterocycles. The molecule has 8 heteroatoms. The van der Waals surface area contributed by atoms with Crippen LogP contribution in [0.25, 0.3) is 10.8 Å². The molecule has 0 spiro atoms. The highest BCUT2D eigenvalue weighted by Crippen LogP contribution is 2.32. The predicted octanol–water partition coefficient (Wildman–Crippen LogP) is 5.65. The van der Waals surface area contributed by atoms with E-state index < -0.39 is 0 Å². The van der Waals surface area contributed by atoms with Crippen LogP contribution < -0.4 is 11.2 Å². The number of nitrogens with zero attached hydrogens (tertiary/aromatic N) is 2. The van der Waals surface area contributed by atoms with Crippen LogP contribution in [0.4, 0.5) is 0 Å². The third-order valence-corrected chi connectivity index (χ3v) is 7.60.